The number of nitrogens with one attached hydrogen (secondary N) is 2. The summed E-state index contributed by atoms with van der Waals surface area (Å²) in [6.07, 6.45) is 2.36. The number of hydrogen-bond acceptors (Lipinski definition) is 3. The fourth-order valence-corrected chi connectivity index (χ4v) is 0.571. The lowest BCUT2D eigenvalue weighted by Crippen LogP contribution is -2.39. The van der Waals surface area contributed by atoms with E-state index in [1.807, 2.05) is 20.8 Å². The van der Waals surface area contributed by atoms with E-state index in [2.05, 4.69) is 23.8 Å². The van der Waals surface area contributed by atoms with Crippen LogP contribution in [0.1, 0.15) is 20.8 Å². The van der Waals surface area contributed by atoms with E-state index in [0.717, 1.165) is 6.08 Å². The standard InChI is InChI=1S/C7H13NO.C4H7NO2/c1-5-6(9)8-7(2,3)4;1-2-4(7)5-3-6/h5H,1H2,2-4H3,(H,8,9);2,6H,1,3H2,(H,5,7). The summed E-state index contributed by atoms with van der Waals surface area (Å²) in [4.78, 5) is 20.6. The van der Waals surface area contributed by atoms with Crippen molar-refractivity contribution in [3.05, 3.63) is 25.3 Å². The number of aliphatic hydroxyl groups is 1. The summed E-state index contributed by atoms with van der Waals surface area (Å²) in [5.41, 5.74) is -0.148. The smallest absolute Gasteiger partial charge is 0.245 e. The number of carbonyl (C=O) groups excluding carboxylic acids is 2. The normalized spacial score (nSPS) is 9.25. The molecule has 0 aliphatic carbocycles. The van der Waals surface area contributed by atoms with E-state index >= 15 is 0 Å². The molecule has 0 saturated carbocycles. The molecule has 0 saturated heterocycles. The highest BCUT2D eigenvalue weighted by Gasteiger charge is 2.10. The SMILES string of the molecule is C=CC(=O)NC(C)(C)C.C=CC(=O)NCO. The maximum atomic E-state index is 10.6. The van der Waals surface area contributed by atoms with Crippen molar-refractivity contribution in [3.63, 3.8) is 0 Å². The molecule has 0 fully saturated rings. The molecule has 0 aliphatic heterocycles. The second-order valence-electron chi connectivity index (χ2n) is 3.85. The number of amides is 2. The van der Waals surface area contributed by atoms with Crippen molar-refractivity contribution >= 4 is 11.8 Å². The minimum atomic E-state index is -0.359. The quantitative estimate of drug-likeness (QED) is 0.481. The first-order valence-corrected chi connectivity index (χ1v) is 4.72. The predicted molar refractivity (Wildman–Crippen MR) is 63.5 cm³/mol. The van der Waals surface area contributed by atoms with Crippen molar-refractivity contribution in [2.75, 3.05) is 6.73 Å². The monoisotopic (exact) mass is 228 g/mol. The van der Waals surface area contributed by atoms with E-state index < -0.39 is 0 Å². The van der Waals surface area contributed by atoms with Crippen molar-refractivity contribution in [1.29, 1.82) is 0 Å². The van der Waals surface area contributed by atoms with Gasteiger partial charge >= 0.3 is 0 Å². The number of hydrogen-bond donors (Lipinski definition) is 3. The molecule has 0 atom stereocenters. The van der Waals surface area contributed by atoms with Gasteiger partial charge in [0, 0.05) is 5.54 Å². The Morgan fingerprint density at radius 2 is 1.62 bits per heavy atom. The lowest BCUT2D eigenvalue weighted by atomic mass is 10.1. The van der Waals surface area contributed by atoms with Gasteiger partial charge in [0.05, 0.1) is 0 Å². The van der Waals surface area contributed by atoms with Gasteiger partial charge in [0.2, 0.25) is 11.8 Å². The first-order chi connectivity index (χ1) is 7.26. The summed E-state index contributed by atoms with van der Waals surface area (Å²) in [5.74, 6) is -0.481. The topological polar surface area (TPSA) is 78.4 Å². The average Bonchev–Trinajstić information content (AvgIpc) is 2.16. The van der Waals surface area contributed by atoms with Crippen molar-refractivity contribution in [2.24, 2.45) is 0 Å². The second kappa shape index (κ2) is 8.67. The van der Waals surface area contributed by atoms with Crippen molar-refractivity contribution < 1.29 is 14.7 Å². The largest absolute Gasteiger partial charge is 0.376 e. The van der Waals surface area contributed by atoms with E-state index in [0.29, 0.717) is 0 Å². The van der Waals surface area contributed by atoms with Crippen molar-refractivity contribution in [2.45, 2.75) is 26.3 Å². The van der Waals surface area contributed by atoms with Crippen LogP contribution in [0.25, 0.3) is 0 Å². The predicted octanol–water partition coefficient (Wildman–Crippen LogP) is 0.325. The van der Waals surface area contributed by atoms with Crippen molar-refractivity contribution in [1.82, 2.24) is 10.6 Å². The fraction of sp³-hybridized carbons (Fsp3) is 0.455. The van der Waals surface area contributed by atoms with Gasteiger partial charge in [0.1, 0.15) is 6.73 Å². The number of carbonyl (C=O) groups is 2. The Balaban J connectivity index is 0. The highest BCUT2D eigenvalue weighted by molar-refractivity contribution is 5.87. The summed E-state index contributed by atoms with van der Waals surface area (Å²) < 4.78 is 0. The molecule has 2 amide bonds. The highest BCUT2D eigenvalue weighted by Crippen LogP contribution is 1.97. The maximum Gasteiger partial charge on any atom is 0.245 e. The van der Waals surface area contributed by atoms with Gasteiger partial charge in [-0.05, 0) is 32.9 Å². The molecule has 5 nitrogen and oxygen atoms in total. The molecule has 92 valence electrons. The van der Waals surface area contributed by atoms with Crippen LogP contribution >= 0.6 is 0 Å². The van der Waals surface area contributed by atoms with Crippen LogP contribution in [0.15, 0.2) is 25.3 Å². The van der Waals surface area contributed by atoms with Gasteiger partial charge in [0.15, 0.2) is 0 Å². The summed E-state index contributed by atoms with van der Waals surface area (Å²) in [7, 11) is 0. The Morgan fingerprint density at radius 3 is 1.75 bits per heavy atom. The Bertz CT molecular complexity index is 254. The molecule has 0 rings (SSSR count). The van der Waals surface area contributed by atoms with Crippen LogP contribution in [0.2, 0.25) is 0 Å². The number of rotatable bonds is 3. The van der Waals surface area contributed by atoms with E-state index in [9.17, 15) is 9.59 Å². The molecule has 0 bridgehead atoms. The fourth-order valence-electron chi connectivity index (χ4n) is 0.571. The summed E-state index contributed by atoms with van der Waals surface area (Å²) in [6.45, 7) is 11.9. The third-order valence-corrected chi connectivity index (χ3v) is 1.12. The first-order valence-electron chi connectivity index (χ1n) is 4.72. The lowest BCUT2D eigenvalue weighted by molar-refractivity contribution is -0.118. The van der Waals surface area contributed by atoms with Crippen LogP contribution in [-0.4, -0.2) is 29.2 Å². The molecular formula is C11H20N2O3. The Hall–Kier alpha value is -1.62. The van der Waals surface area contributed by atoms with Gasteiger partial charge < -0.3 is 15.7 Å². The second-order valence-corrected chi connectivity index (χ2v) is 3.85. The summed E-state index contributed by atoms with van der Waals surface area (Å²) >= 11 is 0. The lowest BCUT2D eigenvalue weighted by Gasteiger charge is -2.18. The van der Waals surface area contributed by atoms with Crippen LogP contribution < -0.4 is 10.6 Å². The van der Waals surface area contributed by atoms with Crippen LogP contribution in [0.3, 0.4) is 0 Å². The van der Waals surface area contributed by atoms with E-state index in [-0.39, 0.29) is 24.1 Å². The van der Waals surface area contributed by atoms with Crippen LogP contribution in [0.4, 0.5) is 0 Å². The molecule has 5 heteroatoms. The molecule has 0 aromatic heterocycles. The van der Waals surface area contributed by atoms with Gasteiger partial charge in [-0.1, -0.05) is 13.2 Å². The zero-order valence-corrected chi connectivity index (χ0v) is 10.0. The van der Waals surface area contributed by atoms with Gasteiger partial charge in [-0.25, -0.2) is 0 Å². The minimum Gasteiger partial charge on any atom is -0.376 e. The third kappa shape index (κ3) is 14.9. The molecule has 16 heavy (non-hydrogen) atoms. The first kappa shape index (κ1) is 16.8. The molecule has 0 aliphatic rings. The van der Waals surface area contributed by atoms with E-state index in [4.69, 9.17) is 5.11 Å². The Kier molecular flexibility index (Phi) is 9.10. The molecule has 0 radical (unpaired) electrons. The highest BCUT2D eigenvalue weighted by atomic mass is 16.3. The Labute approximate surface area is 96.2 Å². The maximum absolute atomic E-state index is 10.6. The van der Waals surface area contributed by atoms with E-state index in [1.165, 1.54) is 6.08 Å². The van der Waals surface area contributed by atoms with E-state index in [1.54, 1.807) is 0 Å². The van der Waals surface area contributed by atoms with Gasteiger partial charge in [-0.15, -0.1) is 0 Å². The zero-order chi connectivity index (χ0) is 13.2. The molecule has 0 aromatic carbocycles. The van der Waals surface area contributed by atoms with Gasteiger partial charge in [0.25, 0.3) is 0 Å². The summed E-state index contributed by atoms with van der Waals surface area (Å²) in [5, 5.41) is 12.8. The zero-order valence-electron chi connectivity index (χ0n) is 10.0. The van der Waals surface area contributed by atoms with Crippen LogP contribution in [0, 0.1) is 0 Å². The minimum absolute atomic E-state index is 0.123. The molecule has 0 heterocycles. The van der Waals surface area contributed by atoms with Crippen molar-refractivity contribution in [3.8, 4) is 0 Å². The molecule has 3 N–H and O–H groups in total. The average molecular weight is 228 g/mol. The molecule has 0 aromatic rings. The molecule has 0 spiro atoms. The third-order valence-electron chi connectivity index (χ3n) is 1.12. The van der Waals surface area contributed by atoms with Gasteiger partial charge in [-0.2, -0.15) is 0 Å². The van der Waals surface area contributed by atoms with Crippen LogP contribution in [0.5, 0.6) is 0 Å². The molecular weight excluding hydrogens is 208 g/mol. The summed E-state index contributed by atoms with van der Waals surface area (Å²) in [6, 6.07) is 0. The van der Waals surface area contributed by atoms with Crippen LogP contribution in [-0.2, 0) is 9.59 Å². The molecule has 0 unspecified atom stereocenters. The Morgan fingerprint density at radius 1 is 1.19 bits per heavy atom. The number of aliphatic hydroxyl groups excluding tert-OH is 1. The van der Waals surface area contributed by atoms with Gasteiger partial charge in [-0.3, -0.25) is 9.59 Å².